The van der Waals surface area contributed by atoms with E-state index in [0.29, 0.717) is 12.6 Å². The van der Waals surface area contributed by atoms with Crippen molar-refractivity contribution in [2.24, 2.45) is 0 Å². The molecule has 1 atom stereocenters. The molecule has 0 aliphatic carbocycles. The van der Waals surface area contributed by atoms with Gasteiger partial charge in [0.15, 0.2) is 0 Å². The van der Waals surface area contributed by atoms with Crippen LogP contribution in [0.4, 0.5) is 0 Å². The Kier molecular flexibility index (Phi) is 5.40. The van der Waals surface area contributed by atoms with Crippen LogP contribution in [0.2, 0.25) is 0 Å². The number of rotatable bonds is 6. The van der Waals surface area contributed by atoms with E-state index in [1.807, 2.05) is 7.05 Å². The highest BCUT2D eigenvalue weighted by atomic mass is 16.5. The molecule has 0 amide bonds. The van der Waals surface area contributed by atoms with Gasteiger partial charge in [0.1, 0.15) is 12.4 Å². The zero-order valence-electron chi connectivity index (χ0n) is 13.4. The molecule has 0 heterocycles. The second kappa shape index (κ2) is 7.28. The minimum Gasteiger partial charge on any atom is -0.489 e. The van der Waals surface area contributed by atoms with Crippen LogP contribution in [0.15, 0.2) is 42.5 Å². The second-order valence-electron chi connectivity index (χ2n) is 5.53. The molecule has 0 radical (unpaired) electrons. The van der Waals surface area contributed by atoms with Crippen molar-refractivity contribution in [3.05, 3.63) is 64.7 Å². The van der Waals surface area contributed by atoms with E-state index in [1.54, 1.807) is 0 Å². The van der Waals surface area contributed by atoms with Crippen LogP contribution in [-0.4, -0.2) is 7.05 Å². The zero-order valence-corrected chi connectivity index (χ0v) is 13.4. The van der Waals surface area contributed by atoms with Crippen LogP contribution in [0, 0.1) is 13.8 Å². The average molecular weight is 283 g/mol. The van der Waals surface area contributed by atoms with Gasteiger partial charge in [-0.05, 0) is 61.7 Å². The molecule has 21 heavy (non-hydrogen) atoms. The molecule has 2 heteroatoms. The third-order valence-electron chi connectivity index (χ3n) is 4.02. The predicted molar refractivity (Wildman–Crippen MR) is 88.8 cm³/mol. The van der Waals surface area contributed by atoms with Crippen LogP contribution in [0.5, 0.6) is 5.75 Å². The molecule has 1 unspecified atom stereocenters. The van der Waals surface area contributed by atoms with Gasteiger partial charge in [-0.1, -0.05) is 37.3 Å². The zero-order chi connectivity index (χ0) is 15.2. The molecule has 112 valence electrons. The molecule has 0 bridgehead atoms. The van der Waals surface area contributed by atoms with Gasteiger partial charge in [-0.2, -0.15) is 0 Å². The Labute approximate surface area is 128 Å². The molecular formula is C19H25NO. The lowest BCUT2D eigenvalue weighted by Crippen LogP contribution is -2.14. The molecule has 2 nitrogen and oxygen atoms in total. The molecule has 0 spiro atoms. The Hall–Kier alpha value is -1.80. The molecule has 0 aliphatic heterocycles. The van der Waals surface area contributed by atoms with Gasteiger partial charge in [0.2, 0.25) is 0 Å². The summed E-state index contributed by atoms with van der Waals surface area (Å²) in [6, 6.07) is 15.3. The van der Waals surface area contributed by atoms with E-state index >= 15 is 0 Å². The highest BCUT2D eigenvalue weighted by molar-refractivity contribution is 5.31. The van der Waals surface area contributed by atoms with E-state index in [4.69, 9.17) is 4.74 Å². The predicted octanol–water partition coefficient (Wildman–Crippen LogP) is 4.55. The Morgan fingerprint density at radius 3 is 2.29 bits per heavy atom. The summed E-state index contributed by atoms with van der Waals surface area (Å²) in [5.41, 5.74) is 5.15. The van der Waals surface area contributed by atoms with E-state index in [-0.39, 0.29) is 0 Å². The second-order valence-corrected chi connectivity index (χ2v) is 5.53. The number of hydrogen-bond acceptors (Lipinski definition) is 2. The first-order chi connectivity index (χ1) is 10.1. The maximum atomic E-state index is 5.87. The van der Waals surface area contributed by atoms with E-state index < -0.39 is 0 Å². The molecule has 0 saturated carbocycles. The lowest BCUT2D eigenvalue weighted by Gasteiger charge is -2.15. The summed E-state index contributed by atoms with van der Waals surface area (Å²) in [5, 5.41) is 3.32. The molecule has 2 aromatic rings. The lowest BCUT2D eigenvalue weighted by molar-refractivity contribution is 0.306. The molecule has 0 saturated heterocycles. The highest BCUT2D eigenvalue weighted by Gasteiger charge is 2.06. The minimum absolute atomic E-state index is 0.416. The molecule has 0 aliphatic rings. The highest BCUT2D eigenvalue weighted by Crippen LogP contribution is 2.21. The number of ether oxygens (including phenoxy) is 1. The summed E-state index contributed by atoms with van der Waals surface area (Å²) in [7, 11) is 2.00. The minimum atomic E-state index is 0.416. The van der Waals surface area contributed by atoms with Gasteiger partial charge in [0, 0.05) is 6.04 Å². The normalized spacial score (nSPS) is 12.2. The van der Waals surface area contributed by atoms with Crippen LogP contribution >= 0.6 is 0 Å². The Balaban J connectivity index is 1.98. The fraction of sp³-hybridized carbons (Fsp3) is 0.368. The molecule has 0 fully saturated rings. The van der Waals surface area contributed by atoms with Crippen LogP contribution in [-0.2, 0) is 6.61 Å². The topological polar surface area (TPSA) is 21.3 Å². The van der Waals surface area contributed by atoms with Crippen LogP contribution < -0.4 is 10.1 Å². The number of benzene rings is 2. The summed E-state index contributed by atoms with van der Waals surface area (Å²) >= 11 is 0. The lowest BCUT2D eigenvalue weighted by atomic mass is 10.0. The van der Waals surface area contributed by atoms with Crippen molar-refractivity contribution in [2.45, 2.75) is 39.8 Å². The van der Waals surface area contributed by atoms with E-state index in [1.165, 1.54) is 22.3 Å². The summed E-state index contributed by atoms with van der Waals surface area (Å²) in [6.45, 7) is 7.07. The van der Waals surface area contributed by atoms with Gasteiger partial charge >= 0.3 is 0 Å². The average Bonchev–Trinajstić information content (AvgIpc) is 2.51. The monoisotopic (exact) mass is 283 g/mol. The van der Waals surface area contributed by atoms with E-state index in [2.05, 4.69) is 68.6 Å². The fourth-order valence-electron chi connectivity index (χ4n) is 2.46. The summed E-state index contributed by atoms with van der Waals surface area (Å²) in [4.78, 5) is 0. The van der Waals surface area contributed by atoms with Crippen LogP contribution in [0.25, 0.3) is 0 Å². The van der Waals surface area contributed by atoms with Crippen molar-refractivity contribution in [1.29, 1.82) is 0 Å². The van der Waals surface area contributed by atoms with E-state index in [9.17, 15) is 0 Å². The van der Waals surface area contributed by atoms with Crippen molar-refractivity contribution in [3.8, 4) is 5.75 Å². The Morgan fingerprint density at radius 2 is 1.71 bits per heavy atom. The molecule has 0 aromatic heterocycles. The molecular weight excluding hydrogens is 258 g/mol. The first-order valence-corrected chi connectivity index (χ1v) is 7.60. The Morgan fingerprint density at radius 1 is 1.00 bits per heavy atom. The number of hydrogen-bond donors (Lipinski definition) is 1. The van der Waals surface area contributed by atoms with Crippen molar-refractivity contribution in [1.82, 2.24) is 5.32 Å². The quantitative estimate of drug-likeness (QED) is 0.839. The molecule has 1 N–H and O–H groups in total. The summed E-state index contributed by atoms with van der Waals surface area (Å²) in [6.07, 6.45) is 1.08. The van der Waals surface area contributed by atoms with Crippen molar-refractivity contribution < 1.29 is 4.74 Å². The number of aryl methyl sites for hydroxylation is 2. The summed E-state index contributed by atoms with van der Waals surface area (Å²) in [5.74, 6) is 0.919. The van der Waals surface area contributed by atoms with Gasteiger partial charge in [-0.3, -0.25) is 0 Å². The van der Waals surface area contributed by atoms with Gasteiger partial charge in [-0.15, -0.1) is 0 Å². The van der Waals surface area contributed by atoms with Crippen LogP contribution in [0.1, 0.15) is 41.6 Å². The standard InChI is InChI=1S/C19H25NO/c1-5-19(20-4)17-8-10-18(11-9-17)21-13-16-7-6-14(2)15(3)12-16/h6-12,19-20H,5,13H2,1-4H3. The maximum Gasteiger partial charge on any atom is 0.119 e. The number of nitrogens with one attached hydrogen (secondary N) is 1. The third kappa shape index (κ3) is 4.08. The largest absolute Gasteiger partial charge is 0.489 e. The van der Waals surface area contributed by atoms with Gasteiger partial charge < -0.3 is 10.1 Å². The summed E-state index contributed by atoms with van der Waals surface area (Å²) < 4.78 is 5.87. The molecule has 2 rings (SSSR count). The van der Waals surface area contributed by atoms with Crippen molar-refractivity contribution >= 4 is 0 Å². The van der Waals surface area contributed by atoms with E-state index in [0.717, 1.165) is 12.2 Å². The first-order valence-electron chi connectivity index (χ1n) is 7.60. The maximum absolute atomic E-state index is 5.87. The smallest absolute Gasteiger partial charge is 0.119 e. The van der Waals surface area contributed by atoms with Crippen LogP contribution in [0.3, 0.4) is 0 Å². The fourth-order valence-corrected chi connectivity index (χ4v) is 2.46. The Bertz CT molecular complexity index is 571. The van der Waals surface area contributed by atoms with Crippen molar-refractivity contribution in [3.63, 3.8) is 0 Å². The third-order valence-corrected chi connectivity index (χ3v) is 4.02. The van der Waals surface area contributed by atoms with Gasteiger partial charge in [0.05, 0.1) is 0 Å². The first kappa shape index (κ1) is 15.6. The van der Waals surface area contributed by atoms with Gasteiger partial charge in [0.25, 0.3) is 0 Å². The molecule has 2 aromatic carbocycles. The van der Waals surface area contributed by atoms with Crippen molar-refractivity contribution in [2.75, 3.05) is 7.05 Å². The van der Waals surface area contributed by atoms with Gasteiger partial charge in [-0.25, -0.2) is 0 Å². The SMILES string of the molecule is CCC(NC)c1ccc(OCc2ccc(C)c(C)c2)cc1.